The van der Waals surface area contributed by atoms with Crippen molar-refractivity contribution in [3.63, 3.8) is 0 Å². The molecule has 1 saturated heterocycles. The number of rotatable bonds is 8. The summed E-state index contributed by atoms with van der Waals surface area (Å²) >= 11 is 1.42. The Morgan fingerprint density at radius 2 is 1.64 bits per heavy atom. The van der Waals surface area contributed by atoms with Gasteiger partial charge in [-0.1, -0.05) is 23.9 Å². The van der Waals surface area contributed by atoms with Gasteiger partial charge in [-0.2, -0.15) is 0 Å². The molecule has 1 amide bonds. The lowest BCUT2D eigenvalue weighted by atomic mass is 10.2. The van der Waals surface area contributed by atoms with Crippen LogP contribution in [0.4, 0.5) is 0 Å². The first kappa shape index (κ1) is 23.1. The van der Waals surface area contributed by atoms with Crippen molar-refractivity contribution in [3.8, 4) is 17.2 Å². The number of thioether (sulfide) groups is 1. The van der Waals surface area contributed by atoms with E-state index in [0.717, 1.165) is 56.3 Å². The Balaban J connectivity index is 1.29. The molecule has 0 unspecified atom stereocenters. The zero-order valence-corrected chi connectivity index (χ0v) is 19.8. The third-order valence-corrected chi connectivity index (χ3v) is 6.63. The molecule has 0 N–H and O–H groups in total. The number of carbonyl (C=O) groups is 1. The van der Waals surface area contributed by atoms with E-state index >= 15 is 0 Å². The van der Waals surface area contributed by atoms with E-state index in [2.05, 4.69) is 27.2 Å². The molecule has 0 atom stereocenters. The number of methoxy groups -OCH3 is 2. The Labute approximate surface area is 198 Å². The van der Waals surface area contributed by atoms with Gasteiger partial charge in [0.15, 0.2) is 5.16 Å². The summed E-state index contributed by atoms with van der Waals surface area (Å²) in [7, 11) is 3.32. The number of carbonyl (C=O) groups excluding carboxylic acids is 1. The molecule has 2 heterocycles. The number of ether oxygens (including phenoxy) is 2. The van der Waals surface area contributed by atoms with Crippen molar-refractivity contribution < 1.29 is 14.3 Å². The van der Waals surface area contributed by atoms with Crippen LogP contribution in [0.25, 0.3) is 5.69 Å². The van der Waals surface area contributed by atoms with Crippen LogP contribution in [0.5, 0.6) is 11.5 Å². The number of benzene rings is 2. The molecule has 3 aromatic rings. The molecule has 0 radical (unpaired) electrons. The molecule has 1 aliphatic rings. The highest BCUT2D eigenvalue weighted by atomic mass is 32.2. The maximum absolute atomic E-state index is 12.9. The van der Waals surface area contributed by atoms with E-state index in [9.17, 15) is 4.79 Å². The van der Waals surface area contributed by atoms with Gasteiger partial charge in [-0.25, -0.2) is 0 Å². The van der Waals surface area contributed by atoms with Crippen molar-refractivity contribution in [2.75, 3.05) is 46.2 Å². The van der Waals surface area contributed by atoms with Crippen LogP contribution in [0.1, 0.15) is 12.0 Å². The van der Waals surface area contributed by atoms with Crippen LogP contribution in [-0.2, 0) is 11.3 Å². The van der Waals surface area contributed by atoms with Crippen LogP contribution in [0.15, 0.2) is 60.0 Å². The molecule has 1 aromatic heterocycles. The summed E-state index contributed by atoms with van der Waals surface area (Å²) in [4.78, 5) is 17.3. The highest BCUT2D eigenvalue weighted by molar-refractivity contribution is 7.99. The fraction of sp³-hybridized carbons (Fsp3) is 0.375. The van der Waals surface area contributed by atoms with Crippen molar-refractivity contribution in [1.29, 1.82) is 0 Å². The zero-order valence-electron chi connectivity index (χ0n) is 19.0. The predicted octanol–water partition coefficient (Wildman–Crippen LogP) is 3.11. The summed E-state index contributed by atoms with van der Waals surface area (Å²) in [5.74, 6) is 2.13. The highest BCUT2D eigenvalue weighted by Gasteiger charge is 2.20. The van der Waals surface area contributed by atoms with Gasteiger partial charge in [0.05, 0.1) is 20.0 Å². The monoisotopic (exact) mass is 467 g/mol. The van der Waals surface area contributed by atoms with Crippen LogP contribution >= 0.6 is 11.8 Å². The Morgan fingerprint density at radius 3 is 2.33 bits per heavy atom. The van der Waals surface area contributed by atoms with E-state index in [1.54, 1.807) is 20.5 Å². The Morgan fingerprint density at radius 1 is 0.939 bits per heavy atom. The lowest BCUT2D eigenvalue weighted by Gasteiger charge is -2.22. The molecule has 9 heteroatoms. The van der Waals surface area contributed by atoms with Crippen molar-refractivity contribution in [1.82, 2.24) is 24.6 Å². The number of amides is 1. The standard InChI is InChI=1S/C24H29N5O3S/c1-31-21-8-4-19(5-9-21)16-27-12-3-13-28(15-14-27)23(30)17-33-24-26-25-18-29(24)20-6-10-22(32-2)11-7-20/h4-11,18H,3,12-17H2,1-2H3. The van der Waals surface area contributed by atoms with Crippen LogP contribution in [-0.4, -0.2) is 76.6 Å². The lowest BCUT2D eigenvalue weighted by molar-refractivity contribution is -0.128. The third kappa shape index (κ3) is 6.06. The van der Waals surface area contributed by atoms with Crippen molar-refractivity contribution >= 4 is 17.7 Å². The molecular formula is C24H29N5O3S. The van der Waals surface area contributed by atoms with Gasteiger partial charge in [-0.15, -0.1) is 10.2 Å². The van der Waals surface area contributed by atoms with Crippen LogP contribution < -0.4 is 9.47 Å². The second-order valence-electron chi connectivity index (χ2n) is 7.83. The third-order valence-electron chi connectivity index (χ3n) is 5.70. The minimum atomic E-state index is 0.135. The smallest absolute Gasteiger partial charge is 0.233 e. The van der Waals surface area contributed by atoms with E-state index < -0.39 is 0 Å². The van der Waals surface area contributed by atoms with Gasteiger partial charge >= 0.3 is 0 Å². The fourth-order valence-corrected chi connectivity index (χ4v) is 4.66. The largest absolute Gasteiger partial charge is 0.497 e. The molecule has 8 nitrogen and oxygen atoms in total. The van der Waals surface area contributed by atoms with E-state index in [1.165, 1.54) is 17.3 Å². The van der Waals surface area contributed by atoms with Gasteiger partial charge in [-0.05, 0) is 48.4 Å². The maximum Gasteiger partial charge on any atom is 0.233 e. The van der Waals surface area contributed by atoms with E-state index in [0.29, 0.717) is 10.9 Å². The number of hydrogen-bond donors (Lipinski definition) is 0. The van der Waals surface area contributed by atoms with Crippen molar-refractivity contribution in [2.45, 2.75) is 18.1 Å². The Hall–Kier alpha value is -3.04. The quantitative estimate of drug-likeness (QED) is 0.471. The Bertz CT molecular complexity index is 1040. The summed E-state index contributed by atoms with van der Waals surface area (Å²) in [6.45, 7) is 4.25. The number of hydrogen-bond acceptors (Lipinski definition) is 7. The molecule has 2 aromatic carbocycles. The van der Waals surface area contributed by atoms with Crippen molar-refractivity contribution in [3.05, 3.63) is 60.4 Å². The lowest BCUT2D eigenvalue weighted by Crippen LogP contribution is -2.36. The predicted molar refractivity (Wildman–Crippen MR) is 128 cm³/mol. The molecule has 1 aliphatic heterocycles. The molecular weight excluding hydrogens is 438 g/mol. The molecule has 0 saturated carbocycles. The van der Waals surface area contributed by atoms with Gasteiger partial charge < -0.3 is 14.4 Å². The number of nitrogens with zero attached hydrogens (tertiary/aromatic N) is 5. The molecule has 0 bridgehead atoms. The molecule has 33 heavy (non-hydrogen) atoms. The molecule has 1 fully saturated rings. The van der Waals surface area contributed by atoms with Crippen molar-refractivity contribution in [2.24, 2.45) is 0 Å². The van der Waals surface area contributed by atoms with Gasteiger partial charge in [0, 0.05) is 38.4 Å². The highest BCUT2D eigenvalue weighted by Crippen LogP contribution is 2.22. The fourth-order valence-electron chi connectivity index (χ4n) is 3.83. The first-order valence-electron chi connectivity index (χ1n) is 11.0. The molecule has 4 rings (SSSR count). The van der Waals surface area contributed by atoms with Gasteiger partial charge in [-0.3, -0.25) is 14.3 Å². The molecule has 174 valence electrons. The van der Waals surface area contributed by atoms with Crippen LogP contribution in [0.2, 0.25) is 0 Å². The van der Waals surface area contributed by atoms with Gasteiger partial charge in [0.2, 0.25) is 5.91 Å². The molecule has 0 spiro atoms. The average Bonchev–Trinajstić information content (AvgIpc) is 3.21. The molecule has 0 aliphatic carbocycles. The van der Waals surface area contributed by atoms with E-state index in [4.69, 9.17) is 9.47 Å². The summed E-state index contributed by atoms with van der Waals surface area (Å²) in [5.41, 5.74) is 2.18. The first-order valence-corrected chi connectivity index (χ1v) is 11.9. The van der Waals surface area contributed by atoms with Crippen LogP contribution in [0.3, 0.4) is 0 Å². The first-order chi connectivity index (χ1) is 16.2. The van der Waals surface area contributed by atoms with E-state index in [-0.39, 0.29) is 5.91 Å². The maximum atomic E-state index is 12.9. The van der Waals surface area contributed by atoms with Crippen LogP contribution in [0, 0.1) is 0 Å². The zero-order chi connectivity index (χ0) is 23.0. The van der Waals surface area contributed by atoms with Gasteiger partial charge in [0.25, 0.3) is 0 Å². The summed E-state index contributed by atoms with van der Waals surface area (Å²) in [5, 5.41) is 8.93. The average molecular weight is 468 g/mol. The SMILES string of the molecule is COc1ccc(CN2CCCN(C(=O)CSc3nncn3-c3ccc(OC)cc3)CC2)cc1. The summed E-state index contributed by atoms with van der Waals surface area (Å²) < 4.78 is 12.3. The van der Waals surface area contributed by atoms with Gasteiger partial charge in [0.1, 0.15) is 17.8 Å². The van der Waals surface area contributed by atoms with E-state index in [1.807, 2.05) is 45.9 Å². The minimum Gasteiger partial charge on any atom is -0.497 e. The second-order valence-corrected chi connectivity index (χ2v) is 8.77. The minimum absolute atomic E-state index is 0.135. The number of aromatic nitrogens is 3. The Kier molecular flexibility index (Phi) is 7.85. The summed E-state index contributed by atoms with van der Waals surface area (Å²) in [6.07, 6.45) is 2.63. The topological polar surface area (TPSA) is 72.7 Å². The normalized spacial score (nSPS) is 14.7. The second kappa shape index (κ2) is 11.2. The summed E-state index contributed by atoms with van der Waals surface area (Å²) in [6, 6.07) is 15.9.